The lowest BCUT2D eigenvalue weighted by atomic mass is 9.91. The summed E-state index contributed by atoms with van der Waals surface area (Å²) in [6.45, 7) is 0. The third-order valence-electron chi connectivity index (χ3n) is 13.4. The number of nitrogens with zero attached hydrogens (tertiary/aromatic N) is 2. The minimum absolute atomic E-state index is 0.890. The molecule has 0 aliphatic rings. The molecule has 0 saturated carbocycles. The summed E-state index contributed by atoms with van der Waals surface area (Å²) in [7, 11) is 0. The van der Waals surface area contributed by atoms with Gasteiger partial charge in [0.1, 0.15) is 11.3 Å². The van der Waals surface area contributed by atoms with E-state index in [1.807, 2.05) is 0 Å². The van der Waals surface area contributed by atoms with Gasteiger partial charge in [0.05, 0.1) is 11.0 Å². The second-order valence-electron chi connectivity index (χ2n) is 17.2. The molecule has 2 heterocycles. The van der Waals surface area contributed by atoms with Crippen molar-refractivity contribution in [2.24, 2.45) is 0 Å². The van der Waals surface area contributed by atoms with Crippen molar-refractivity contribution < 1.29 is 4.42 Å². The average Bonchev–Trinajstić information content (AvgIpc) is 3.97. The first-order valence-corrected chi connectivity index (χ1v) is 22.9. The Morgan fingerprint density at radius 1 is 0.299 bits per heavy atom. The zero-order chi connectivity index (χ0) is 44.3. The van der Waals surface area contributed by atoms with Crippen molar-refractivity contribution in [2.45, 2.75) is 0 Å². The minimum Gasteiger partial charge on any atom is -0.455 e. The summed E-state index contributed by atoms with van der Waals surface area (Å²) in [5.74, 6) is 0.890. The van der Waals surface area contributed by atoms with Gasteiger partial charge in [-0.1, -0.05) is 182 Å². The lowest BCUT2D eigenvalue weighted by Gasteiger charge is -2.26. The maximum absolute atomic E-state index is 6.95. The van der Waals surface area contributed by atoms with Crippen LogP contribution in [0.3, 0.4) is 0 Å². The second kappa shape index (κ2) is 16.0. The Balaban J connectivity index is 0.881. The van der Waals surface area contributed by atoms with Crippen LogP contribution in [0.2, 0.25) is 0 Å². The molecule has 13 rings (SSSR count). The van der Waals surface area contributed by atoms with Gasteiger partial charge in [-0.15, -0.1) is 0 Å². The first-order valence-electron chi connectivity index (χ1n) is 22.9. The van der Waals surface area contributed by atoms with Crippen LogP contribution in [0.15, 0.2) is 259 Å². The molecule has 0 N–H and O–H groups in total. The molecule has 0 aliphatic carbocycles. The van der Waals surface area contributed by atoms with Crippen LogP contribution < -0.4 is 4.90 Å². The van der Waals surface area contributed by atoms with Crippen LogP contribution in [0.25, 0.3) is 105 Å². The number of hydrogen-bond acceptors (Lipinski definition) is 2. The van der Waals surface area contributed by atoms with Crippen molar-refractivity contribution >= 4 is 71.4 Å². The first kappa shape index (κ1) is 38.5. The summed E-state index contributed by atoms with van der Waals surface area (Å²) >= 11 is 0. The van der Waals surface area contributed by atoms with Crippen LogP contribution in [0.4, 0.5) is 17.1 Å². The lowest BCUT2D eigenvalue weighted by Crippen LogP contribution is -2.09. The van der Waals surface area contributed by atoms with E-state index in [-0.39, 0.29) is 0 Å². The van der Waals surface area contributed by atoms with Gasteiger partial charge in [-0.05, 0) is 117 Å². The van der Waals surface area contributed by atoms with E-state index in [2.05, 4.69) is 264 Å². The molecule has 11 aromatic carbocycles. The number of benzene rings is 11. The number of hydrogen-bond donors (Lipinski definition) is 0. The molecule has 314 valence electrons. The molecular weight excluding hydrogens is 813 g/mol. The maximum atomic E-state index is 6.95. The Morgan fingerprint density at radius 2 is 0.776 bits per heavy atom. The van der Waals surface area contributed by atoms with Crippen molar-refractivity contribution in [2.75, 3.05) is 4.90 Å². The van der Waals surface area contributed by atoms with Gasteiger partial charge in [-0.25, -0.2) is 0 Å². The highest BCUT2D eigenvalue weighted by Crippen LogP contribution is 2.48. The molecule has 13 aromatic rings. The Hall–Kier alpha value is -8.92. The molecule has 3 nitrogen and oxygen atoms in total. The summed E-state index contributed by atoms with van der Waals surface area (Å²) in [5, 5.41) is 8.30. The summed E-state index contributed by atoms with van der Waals surface area (Å²) in [4.78, 5) is 2.34. The predicted molar refractivity (Wildman–Crippen MR) is 282 cm³/mol. The molecule has 0 spiro atoms. The van der Waals surface area contributed by atoms with Gasteiger partial charge in [-0.2, -0.15) is 0 Å². The maximum Gasteiger partial charge on any atom is 0.143 e. The first-order chi connectivity index (χ1) is 33.2. The van der Waals surface area contributed by atoms with E-state index in [9.17, 15) is 0 Å². The van der Waals surface area contributed by atoms with E-state index >= 15 is 0 Å². The number of para-hydroxylation sites is 3. The molecule has 3 heteroatoms. The minimum atomic E-state index is 0.890. The normalized spacial score (nSPS) is 11.6. The molecule has 0 unspecified atom stereocenters. The number of furan rings is 1. The van der Waals surface area contributed by atoms with Crippen LogP contribution in [0.1, 0.15) is 0 Å². The monoisotopic (exact) mass is 854 g/mol. The van der Waals surface area contributed by atoms with Crippen molar-refractivity contribution in [3.63, 3.8) is 0 Å². The van der Waals surface area contributed by atoms with Crippen LogP contribution in [0.5, 0.6) is 0 Å². The van der Waals surface area contributed by atoms with Crippen LogP contribution in [0, 0.1) is 0 Å². The number of fused-ring (bicyclic) bond motifs is 9. The topological polar surface area (TPSA) is 21.3 Å². The van der Waals surface area contributed by atoms with Crippen LogP contribution >= 0.6 is 0 Å². The van der Waals surface area contributed by atoms with E-state index in [1.54, 1.807) is 0 Å². The SMILES string of the molecule is c1ccc(-c2oc3c4ccccc4c4cc(-c5ccc(N(c6ccccc6)c6ccc(-c7ccc8c(c7)c7ccccc7n8-c7ccccc7)cc6)cc5)ccc4c3c2-c2ccccc2)cc1. The van der Waals surface area contributed by atoms with E-state index in [0.29, 0.717) is 0 Å². The fourth-order valence-electron chi connectivity index (χ4n) is 10.3. The van der Waals surface area contributed by atoms with E-state index in [0.717, 1.165) is 72.7 Å². The summed E-state index contributed by atoms with van der Waals surface area (Å²) in [5.41, 5.74) is 15.8. The zero-order valence-electron chi connectivity index (χ0n) is 36.6. The molecule has 2 aromatic heterocycles. The Labute approximate surface area is 388 Å². The largest absolute Gasteiger partial charge is 0.455 e. The standard InChI is InChI=1S/C64H42N2O/c1-5-17-45(18-6-1)61-62-55-39-33-47(41-57(55)53-25-13-14-27-56(53)64(62)67-63(61)46-19-7-2-8-20-46)43-29-35-51(36-30-43)65(49-21-9-3-10-22-49)52-37-31-44(32-38-52)48-34-40-60-58(42-48)54-26-15-16-28-59(54)66(60)50-23-11-4-12-24-50/h1-42H. The molecule has 0 saturated heterocycles. The predicted octanol–water partition coefficient (Wildman–Crippen LogP) is 18.0. The van der Waals surface area contributed by atoms with Crippen LogP contribution in [-0.4, -0.2) is 4.57 Å². The van der Waals surface area contributed by atoms with Crippen molar-refractivity contribution in [3.8, 4) is 50.4 Å². The highest BCUT2D eigenvalue weighted by molar-refractivity contribution is 6.29. The third-order valence-corrected chi connectivity index (χ3v) is 13.4. The number of aromatic nitrogens is 1. The molecule has 0 bridgehead atoms. The molecule has 67 heavy (non-hydrogen) atoms. The second-order valence-corrected chi connectivity index (χ2v) is 17.2. The Bertz CT molecular complexity index is 3930. The van der Waals surface area contributed by atoms with Gasteiger partial charge < -0.3 is 13.9 Å². The van der Waals surface area contributed by atoms with E-state index in [1.165, 1.54) is 49.1 Å². The number of anilines is 3. The molecule has 0 amide bonds. The Kier molecular flexibility index (Phi) is 9.17. The van der Waals surface area contributed by atoms with Gasteiger partial charge in [0, 0.05) is 55.4 Å². The highest BCUT2D eigenvalue weighted by atomic mass is 16.3. The molecule has 0 radical (unpaired) electrons. The fraction of sp³-hybridized carbons (Fsp3) is 0. The molecule has 0 aliphatic heterocycles. The van der Waals surface area contributed by atoms with Gasteiger partial charge in [0.15, 0.2) is 0 Å². The Morgan fingerprint density at radius 3 is 1.43 bits per heavy atom. The van der Waals surface area contributed by atoms with E-state index < -0.39 is 0 Å². The third kappa shape index (κ3) is 6.51. The average molecular weight is 855 g/mol. The van der Waals surface area contributed by atoms with Gasteiger partial charge in [0.2, 0.25) is 0 Å². The molecule has 0 atom stereocenters. The fourth-order valence-corrected chi connectivity index (χ4v) is 10.3. The summed E-state index contributed by atoms with van der Waals surface area (Å²) < 4.78 is 9.32. The van der Waals surface area contributed by atoms with Crippen molar-refractivity contribution in [1.29, 1.82) is 0 Å². The van der Waals surface area contributed by atoms with Gasteiger partial charge in [-0.3, -0.25) is 0 Å². The smallest absolute Gasteiger partial charge is 0.143 e. The summed E-state index contributed by atoms with van der Waals surface area (Å²) in [6.07, 6.45) is 0. The van der Waals surface area contributed by atoms with Gasteiger partial charge in [0.25, 0.3) is 0 Å². The number of rotatable bonds is 8. The van der Waals surface area contributed by atoms with Crippen LogP contribution in [-0.2, 0) is 0 Å². The zero-order valence-corrected chi connectivity index (χ0v) is 36.6. The molecular formula is C64H42N2O. The quantitative estimate of drug-likeness (QED) is 0.142. The van der Waals surface area contributed by atoms with Crippen molar-refractivity contribution in [3.05, 3.63) is 255 Å². The van der Waals surface area contributed by atoms with E-state index in [4.69, 9.17) is 4.42 Å². The van der Waals surface area contributed by atoms with Crippen molar-refractivity contribution in [1.82, 2.24) is 4.57 Å². The summed E-state index contributed by atoms with van der Waals surface area (Å²) in [6, 6.07) is 91.5. The molecule has 0 fully saturated rings. The lowest BCUT2D eigenvalue weighted by molar-refractivity contribution is 0.636. The van der Waals surface area contributed by atoms with Gasteiger partial charge >= 0.3 is 0 Å². The highest BCUT2D eigenvalue weighted by Gasteiger charge is 2.23.